The van der Waals surface area contributed by atoms with E-state index in [0.717, 1.165) is 0 Å². The molecule has 2 N–H and O–H groups in total. The van der Waals surface area contributed by atoms with E-state index in [1.54, 1.807) is 6.92 Å². The van der Waals surface area contributed by atoms with Crippen molar-refractivity contribution in [3.8, 4) is 0 Å². The summed E-state index contributed by atoms with van der Waals surface area (Å²) >= 11 is 0. The molecule has 7 heavy (non-hydrogen) atoms. The Kier molecular flexibility index (Phi) is 3.93. The second-order valence-electron chi connectivity index (χ2n) is 1.59. The Labute approximate surface area is 42.4 Å². The first kappa shape index (κ1) is 6.85. The number of alkyl halides is 1. The van der Waals surface area contributed by atoms with Crippen LogP contribution in [-0.4, -0.2) is 13.3 Å². The molecule has 0 aromatic heterocycles. The van der Waals surface area contributed by atoms with Crippen molar-refractivity contribution in [2.75, 3.05) is 13.3 Å². The zero-order valence-corrected chi connectivity index (χ0v) is 4.36. The summed E-state index contributed by atoms with van der Waals surface area (Å²) in [5, 5.41) is 0. The Balaban J connectivity index is 2.83. The first-order valence-electron chi connectivity index (χ1n) is 2.19. The quantitative estimate of drug-likeness (QED) is 0.532. The van der Waals surface area contributed by atoms with Gasteiger partial charge in [-0.15, -0.1) is 0 Å². The minimum atomic E-state index is -0.364. The van der Waals surface area contributed by atoms with E-state index in [2.05, 4.69) is 10.7 Å². The van der Waals surface area contributed by atoms with Gasteiger partial charge in [-0.1, -0.05) is 6.92 Å². The van der Waals surface area contributed by atoms with Crippen LogP contribution in [0.4, 0.5) is 4.39 Å². The third-order valence-corrected chi connectivity index (χ3v) is 0.644. The van der Waals surface area contributed by atoms with E-state index in [0.29, 0.717) is 6.61 Å². The highest BCUT2D eigenvalue weighted by molar-refractivity contribution is 4.43. The van der Waals surface area contributed by atoms with Gasteiger partial charge >= 0.3 is 0 Å². The molecule has 0 rings (SSSR count). The van der Waals surface area contributed by atoms with Crippen LogP contribution in [0.1, 0.15) is 6.92 Å². The van der Waals surface area contributed by atoms with Gasteiger partial charge in [0.05, 0.1) is 13.3 Å². The lowest BCUT2D eigenvalue weighted by Crippen LogP contribution is -2.10. The summed E-state index contributed by atoms with van der Waals surface area (Å²) in [7, 11) is 0. The van der Waals surface area contributed by atoms with Crippen LogP contribution in [0.25, 0.3) is 0 Å². The molecule has 0 amide bonds. The number of halogens is 1. The van der Waals surface area contributed by atoms with Gasteiger partial charge in [0, 0.05) is 5.92 Å². The average Bonchev–Trinajstić information content (AvgIpc) is 1.68. The van der Waals surface area contributed by atoms with Gasteiger partial charge in [0.15, 0.2) is 0 Å². The van der Waals surface area contributed by atoms with Crippen molar-refractivity contribution >= 4 is 0 Å². The van der Waals surface area contributed by atoms with Crippen LogP contribution in [0.5, 0.6) is 0 Å². The van der Waals surface area contributed by atoms with Gasteiger partial charge in [-0.2, -0.15) is 0 Å². The van der Waals surface area contributed by atoms with Gasteiger partial charge in [0.2, 0.25) is 0 Å². The highest BCUT2D eigenvalue weighted by Crippen LogP contribution is 1.92. The standard InChI is InChI=1S/C4H10FNO/c1-4(2-5)3-7-6/h4H,2-3,6H2,1H3. The fourth-order valence-corrected chi connectivity index (χ4v) is 0.209. The SMILES string of the molecule is CC(CF)CON. The highest BCUT2D eigenvalue weighted by Gasteiger charge is 1.96. The second-order valence-corrected chi connectivity index (χ2v) is 1.59. The van der Waals surface area contributed by atoms with Crippen LogP contribution >= 0.6 is 0 Å². The number of rotatable bonds is 3. The van der Waals surface area contributed by atoms with Crippen molar-refractivity contribution in [3.05, 3.63) is 0 Å². The summed E-state index contributed by atoms with van der Waals surface area (Å²) in [6, 6.07) is 0. The Hall–Kier alpha value is -0.150. The van der Waals surface area contributed by atoms with E-state index in [4.69, 9.17) is 0 Å². The molecule has 0 aliphatic carbocycles. The largest absolute Gasteiger partial charge is 0.304 e. The number of nitrogens with two attached hydrogens (primary N) is 1. The molecular weight excluding hydrogens is 97.0 g/mol. The number of hydrogen-bond acceptors (Lipinski definition) is 2. The van der Waals surface area contributed by atoms with Crippen LogP contribution in [0.3, 0.4) is 0 Å². The second kappa shape index (κ2) is 4.02. The molecule has 0 aliphatic rings. The molecular formula is C4H10FNO. The molecule has 0 heterocycles. The molecule has 0 aliphatic heterocycles. The van der Waals surface area contributed by atoms with Crippen LogP contribution in [-0.2, 0) is 4.84 Å². The molecule has 44 valence electrons. The van der Waals surface area contributed by atoms with Gasteiger partial charge in [-0.25, -0.2) is 5.90 Å². The molecule has 3 heteroatoms. The van der Waals surface area contributed by atoms with Gasteiger partial charge in [-0.05, 0) is 0 Å². The summed E-state index contributed by atoms with van der Waals surface area (Å²) in [5.41, 5.74) is 0. The molecule has 0 bridgehead atoms. The zero-order valence-electron chi connectivity index (χ0n) is 4.36. The van der Waals surface area contributed by atoms with Crippen LogP contribution in [0.2, 0.25) is 0 Å². The van der Waals surface area contributed by atoms with E-state index in [9.17, 15) is 4.39 Å². The third kappa shape index (κ3) is 3.69. The van der Waals surface area contributed by atoms with E-state index >= 15 is 0 Å². The van der Waals surface area contributed by atoms with E-state index in [1.807, 2.05) is 0 Å². The normalized spacial score (nSPS) is 14.1. The van der Waals surface area contributed by atoms with Crippen LogP contribution < -0.4 is 5.90 Å². The molecule has 0 spiro atoms. The van der Waals surface area contributed by atoms with Gasteiger partial charge in [0.25, 0.3) is 0 Å². The molecule has 0 saturated carbocycles. The first-order chi connectivity index (χ1) is 3.31. The zero-order chi connectivity index (χ0) is 5.70. The van der Waals surface area contributed by atoms with E-state index in [1.165, 1.54) is 0 Å². The highest BCUT2D eigenvalue weighted by atomic mass is 19.1. The Morgan fingerprint density at radius 3 is 2.57 bits per heavy atom. The Bertz CT molecular complexity index is 42.7. The summed E-state index contributed by atoms with van der Waals surface area (Å²) in [6.07, 6.45) is 0. The van der Waals surface area contributed by atoms with E-state index < -0.39 is 0 Å². The van der Waals surface area contributed by atoms with Crippen molar-refractivity contribution in [1.29, 1.82) is 0 Å². The minimum Gasteiger partial charge on any atom is -0.304 e. The minimum absolute atomic E-state index is 0.0648. The lowest BCUT2D eigenvalue weighted by Gasteiger charge is -2.00. The number of hydrogen-bond donors (Lipinski definition) is 1. The molecule has 0 radical (unpaired) electrons. The summed E-state index contributed by atoms with van der Waals surface area (Å²) in [6.45, 7) is 1.67. The fraction of sp³-hybridized carbons (Fsp3) is 1.00. The molecule has 0 saturated heterocycles. The van der Waals surface area contributed by atoms with Crippen molar-refractivity contribution in [3.63, 3.8) is 0 Å². The summed E-state index contributed by atoms with van der Waals surface area (Å²) < 4.78 is 11.4. The smallest absolute Gasteiger partial charge is 0.0942 e. The van der Waals surface area contributed by atoms with Gasteiger partial charge in [0.1, 0.15) is 0 Å². The lowest BCUT2D eigenvalue weighted by molar-refractivity contribution is 0.0973. The molecule has 1 atom stereocenters. The Morgan fingerprint density at radius 1 is 1.86 bits per heavy atom. The average molecular weight is 107 g/mol. The van der Waals surface area contributed by atoms with Gasteiger partial charge in [-0.3, -0.25) is 4.39 Å². The van der Waals surface area contributed by atoms with Crippen molar-refractivity contribution in [1.82, 2.24) is 0 Å². The summed E-state index contributed by atoms with van der Waals surface area (Å²) in [4.78, 5) is 4.15. The first-order valence-corrected chi connectivity index (χ1v) is 2.19. The lowest BCUT2D eigenvalue weighted by atomic mass is 10.2. The van der Waals surface area contributed by atoms with E-state index in [-0.39, 0.29) is 12.6 Å². The molecule has 0 aromatic rings. The molecule has 0 aromatic carbocycles. The maximum atomic E-state index is 11.4. The predicted molar refractivity (Wildman–Crippen MR) is 25.3 cm³/mol. The summed E-state index contributed by atoms with van der Waals surface area (Å²) in [5.74, 6) is 4.57. The van der Waals surface area contributed by atoms with Crippen LogP contribution in [0.15, 0.2) is 0 Å². The topological polar surface area (TPSA) is 35.2 Å². The molecule has 0 fully saturated rings. The predicted octanol–water partition coefficient (Wildman–Crippen LogP) is 0.482. The molecule has 2 nitrogen and oxygen atoms in total. The van der Waals surface area contributed by atoms with Crippen molar-refractivity contribution < 1.29 is 9.23 Å². The van der Waals surface area contributed by atoms with Crippen molar-refractivity contribution in [2.24, 2.45) is 11.8 Å². The monoisotopic (exact) mass is 107 g/mol. The van der Waals surface area contributed by atoms with Crippen LogP contribution in [0, 0.1) is 5.92 Å². The van der Waals surface area contributed by atoms with Gasteiger partial charge < -0.3 is 4.84 Å². The van der Waals surface area contributed by atoms with Crippen molar-refractivity contribution in [2.45, 2.75) is 6.92 Å². The maximum absolute atomic E-state index is 11.4. The fourth-order valence-electron chi connectivity index (χ4n) is 0.209. The molecule has 1 unspecified atom stereocenters. The maximum Gasteiger partial charge on any atom is 0.0942 e. The third-order valence-electron chi connectivity index (χ3n) is 0.644. The Morgan fingerprint density at radius 2 is 2.43 bits per heavy atom.